The zero-order chi connectivity index (χ0) is 26.3. The van der Waals surface area contributed by atoms with Crippen molar-refractivity contribution in [2.45, 2.75) is 60.8 Å². The second kappa shape index (κ2) is 9.85. The van der Waals surface area contributed by atoms with Gasteiger partial charge in [-0.2, -0.15) is 0 Å². The third-order valence-electron chi connectivity index (χ3n) is 7.94. The third-order valence-corrected chi connectivity index (χ3v) is 7.94. The lowest BCUT2D eigenvalue weighted by Crippen LogP contribution is -2.13. The van der Waals surface area contributed by atoms with E-state index in [1.54, 1.807) is 0 Å². The summed E-state index contributed by atoms with van der Waals surface area (Å²) in [4.78, 5) is 25.5. The fourth-order valence-corrected chi connectivity index (χ4v) is 5.53. The lowest BCUT2D eigenvalue weighted by atomic mass is 10.1. The average Bonchev–Trinajstić information content (AvgIpc) is 3.57. The molecule has 8 bridgehead atoms. The highest BCUT2D eigenvalue weighted by molar-refractivity contribution is 5.64. The molecular formula is C31H36N4O2. The van der Waals surface area contributed by atoms with Crippen molar-refractivity contribution >= 4 is 30.8 Å². The van der Waals surface area contributed by atoms with Crippen LogP contribution in [0, 0.1) is 27.7 Å². The molecule has 6 nitrogen and oxygen atoms in total. The van der Waals surface area contributed by atoms with Crippen LogP contribution in [-0.2, 0) is 28.8 Å². The van der Waals surface area contributed by atoms with E-state index in [0.717, 1.165) is 68.1 Å². The molecule has 4 aromatic heterocycles. The van der Waals surface area contributed by atoms with Crippen LogP contribution in [0.3, 0.4) is 0 Å². The van der Waals surface area contributed by atoms with Gasteiger partial charge in [-0.3, -0.25) is 4.79 Å². The minimum atomic E-state index is 0.347. The highest BCUT2D eigenvalue weighted by Gasteiger charge is 2.14. The summed E-state index contributed by atoms with van der Waals surface area (Å²) in [6.45, 7) is 13.9. The number of H-pyrrole nitrogens is 4. The molecular weight excluding hydrogens is 460 g/mol. The number of carbonyl (C=O) groups is 1. The Balaban J connectivity index is 1.87. The van der Waals surface area contributed by atoms with Gasteiger partial charge in [0.05, 0.1) is 6.61 Å². The predicted octanol–water partition coefficient (Wildman–Crippen LogP) is 2.70. The zero-order valence-electron chi connectivity index (χ0n) is 22.6. The van der Waals surface area contributed by atoms with Crippen molar-refractivity contribution in [1.82, 2.24) is 19.9 Å². The van der Waals surface area contributed by atoms with E-state index >= 15 is 0 Å². The average molecular weight is 497 g/mol. The molecule has 6 heteroatoms. The second-order valence-electron chi connectivity index (χ2n) is 9.98. The summed E-state index contributed by atoms with van der Waals surface area (Å²) in [5.74, 6) is 0. The third kappa shape index (κ3) is 4.41. The maximum Gasteiger partial charge on any atom is 0.293 e. The Kier molecular flexibility index (Phi) is 6.59. The Hall–Kier alpha value is -3.93. The van der Waals surface area contributed by atoms with Crippen LogP contribution in [0.25, 0.3) is 24.3 Å². The topological polar surface area (TPSA) is 89.5 Å². The van der Waals surface area contributed by atoms with Crippen LogP contribution in [0.2, 0.25) is 0 Å². The van der Waals surface area contributed by atoms with Gasteiger partial charge in [0.15, 0.2) is 0 Å². The standard InChI is InChI=1S/C31H36N4O2/c1-7-21-11-22-12-30-23(8-2)19(5)27(34-30)13-28-20(6)24(9-10-37-16-36)31(35-28)15-26-18(4)17(3)25(33-26)14-29(21)32-22/h11-16,32-35H,7-10H2,1-6H3. The van der Waals surface area contributed by atoms with Crippen molar-refractivity contribution < 1.29 is 9.53 Å². The summed E-state index contributed by atoms with van der Waals surface area (Å²) < 4.78 is 5.07. The number of nitrogens with one attached hydrogen (secondary N) is 4. The monoisotopic (exact) mass is 496 g/mol. The molecule has 1 aliphatic rings. The molecule has 4 N–H and O–H groups in total. The number of aryl methyl sites for hydroxylation is 1. The maximum absolute atomic E-state index is 10.8. The summed E-state index contributed by atoms with van der Waals surface area (Å²) in [5, 5.41) is 4.42. The van der Waals surface area contributed by atoms with E-state index in [9.17, 15) is 4.79 Å². The summed E-state index contributed by atoms with van der Waals surface area (Å²) in [7, 11) is 0. The second-order valence-corrected chi connectivity index (χ2v) is 9.98. The normalized spacial score (nSPS) is 12.4. The molecule has 0 aromatic carbocycles. The highest BCUT2D eigenvalue weighted by Crippen LogP contribution is 2.21. The first-order chi connectivity index (χ1) is 17.8. The molecule has 1 aliphatic heterocycles. The van der Waals surface area contributed by atoms with Gasteiger partial charge in [-0.25, -0.2) is 0 Å². The van der Waals surface area contributed by atoms with Gasteiger partial charge in [-0.05, 0) is 110 Å². The van der Waals surface area contributed by atoms with Gasteiger partial charge in [0, 0.05) is 50.6 Å². The van der Waals surface area contributed by atoms with Gasteiger partial charge in [0.1, 0.15) is 0 Å². The van der Waals surface area contributed by atoms with Crippen molar-refractivity contribution in [2.75, 3.05) is 6.61 Å². The molecule has 192 valence electrons. The van der Waals surface area contributed by atoms with Gasteiger partial charge in [0.25, 0.3) is 6.47 Å². The van der Waals surface area contributed by atoms with Crippen molar-refractivity contribution in [3.63, 3.8) is 0 Å². The molecule has 37 heavy (non-hydrogen) atoms. The molecule has 0 saturated heterocycles. The molecule has 0 fully saturated rings. The largest absolute Gasteiger partial charge is 0.468 e. The Bertz CT molecular complexity index is 1740. The van der Waals surface area contributed by atoms with E-state index in [0.29, 0.717) is 19.5 Å². The molecule has 4 aromatic rings. The summed E-state index contributed by atoms with van der Waals surface area (Å²) >= 11 is 0. The molecule has 0 atom stereocenters. The SMILES string of the molecule is CCc1cc2[nH]c1C=c1[nH]c(c(C)c1C)=Cc1[nH]c(c(C)c1CCOC=O)C=c1[nH]c(c(CC)c1C)=C2. The van der Waals surface area contributed by atoms with Crippen LogP contribution >= 0.6 is 0 Å². The van der Waals surface area contributed by atoms with E-state index in [4.69, 9.17) is 4.74 Å². The molecule has 5 rings (SSSR count). The lowest BCUT2D eigenvalue weighted by Gasteiger charge is -2.02. The fraction of sp³-hybridized carbons (Fsp3) is 0.323. The smallest absolute Gasteiger partial charge is 0.293 e. The van der Waals surface area contributed by atoms with Crippen LogP contribution < -0.4 is 21.4 Å². The number of aromatic nitrogens is 4. The van der Waals surface area contributed by atoms with Gasteiger partial charge in [-0.1, -0.05) is 13.8 Å². The summed E-state index contributed by atoms with van der Waals surface area (Å²) in [6, 6.07) is 2.26. The first-order valence-corrected chi connectivity index (χ1v) is 13.1. The first-order valence-electron chi connectivity index (χ1n) is 13.1. The van der Waals surface area contributed by atoms with Crippen molar-refractivity contribution in [1.29, 1.82) is 0 Å². The van der Waals surface area contributed by atoms with Crippen LogP contribution in [0.15, 0.2) is 6.07 Å². The minimum Gasteiger partial charge on any atom is -0.468 e. The molecule has 0 aliphatic carbocycles. The number of rotatable bonds is 6. The van der Waals surface area contributed by atoms with Gasteiger partial charge in [-0.15, -0.1) is 0 Å². The van der Waals surface area contributed by atoms with E-state index in [1.807, 2.05) is 0 Å². The Labute approximate surface area is 216 Å². The van der Waals surface area contributed by atoms with E-state index < -0.39 is 0 Å². The lowest BCUT2D eigenvalue weighted by molar-refractivity contribution is -0.128. The van der Waals surface area contributed by atoms with Gasteiger partial charge < -0.3 is 24.7 Å². The number of hydrogen-bond acceptors (Lipinski definition) is 2. The van der Waals surface area contributed by atoms with E-state index in [-0.39, 0.29) is 0 Å². The molecule has 0 saturated carbocycles. The Morgan fingerprint density at radius 1 is 0.676 bits per heavy atom. The molecule has 0 unspecified atom stereocenters. The summed E-state index contributed by atoms with van der Waals surface area (Å²) in [6.07, 6.45) is 11.4. The molecule has 0 amide bonds. The van der Waals surface area contributed by atoms with E-state index in [2.05, 4.69) is 91.8 Å². The van der Waals surface area contributed by atoms with Crippen LogP contribution in [0.1, 0.15) is 75.6 Å². The maximum atomic E-state index is 10.8. The van der Waals surface area contributed by atoms with Gasteiger partial charge in [0.2, 0.25) is 0 Å². The Morgan fingerprint density at radius 3 is 2.00 bits per heavy atom. The first kappa shape index (κ1) is 24.8. The van der Waals surface area contributed by atoms with Crippen molar-refractivity contribution in [3.05, 3.63) is 89.2 Å². The zero-order valence-corrected chi connectivity index (χ0v) is 22.6. The molecule has 0 spiro atoms. The van der Waals surface area contributed by atoms with Gasteiger partial charge >= 0.3 is 0 Å². The number of hydrogen-bond donors (Lipinski definition) is 4. The Morgan fingerprint density at radius 2 is 1.32 bits per heavy atom. The van der Waals surface area contributed by atoms with Crippen LogP contribution in [-0.4, -0.2) is 33.0 Å². The van der Waals surface area contributed by atoms with Crippen LogP contribution in [0.4, 0.5) is 0 Å². The molecule has 5 heterocycles. The predicted molar refractivity (Wildman–Crippen MR) is 149 cm³/mol. The number of fused-ring (bicyclic) bond motifs is 8. The quantitative estimate of drug-likeness (QED) is 0.215. The molecule has 0 radical (unpaired) electrons. The van der Waals surface area contributed by atoms with Crippen LogP contribution in [0.5, 0.6) is 0 Å². The summed E-state index contributed by atoms with van der Waals surface area (Å²) in [5.41, 5.74) is 13.0. The number of carbonyl (C=O) groups excluding carboxylic acids is 1. The number of ether oxygens (including phenoxy) is 1. The van der Waals surface area contributed by atoms with Crippen molar-refractivity contribution in [3.8, 4) is 0 Å². The number of aromatic amines is 4. The fourth-order valence-electron chi connectivity index (χ4n) is 5.53. The minimum absolute atomic E-state index is 0.347. The van der Waals surface area contributed by atoms with Crippen molar-refractivity contribution in [2.24, 2.45) is 0 Å². The van der Waals surface area contributed by atoms with E-state index in [1.165, 1.54) is 27.8 Å². The highest BCUT2D eigenvalue weighted by atomic mass is 16.5.